The van der Waals surface area contributed by atoms with Crippen molar-refractivity contribution in [2.24, 2.45) is 0 Å². The van der Waals surface area contributed by atoms with Crippen molar-refractivity contribution < 1.29 is 14.7 Å². The molecule has 0 atom stereocenters. The Morgan fingerprint density at radius 1 is 1.33 bits per heavy atom. The zero-order valence-electron chi connectivity index (χ0n) is 22.2. The SMILES string of the molecule is C=C/C=C\n1ncc(C(=O)Nc2cc3c(cc2N(C)CCCCC)C(=O)N(CCC(C)(C)O)C3)c1C. The molecule has 0 aliphatic carbocycles. The average Bonchev–Trinajstić information content (AvgIpc) is 3.34. The second-order valence-corrected chi connectivity index (χ2v) is 10.1. The summed E-state index contributed by atoms with van der Waals surface area (Å²) in [5.74, 6) is -0.293. The first kappa shape index (κ1) is 27.2. The summed E-state index contributed by atoms with van der Waals surface area (Å²) in [5, 5.41) is 17.5. The summed E-state index contributed by atoms with van der Waals surface area (Å²) < 4.78 is 1.64. The number of hydrogen-bond donors (Lipinski definition) is 2. The van der Waals surface area contributed by atoms with Crippen LogP contribution in [0.4, 0.5) is 11.4 Å². The minimum atomic E-state index is -0.845. The van der Waals surface area contributed by atoms with Gasteiger partial charge in [-0.25, -0.2) is 4.68 Å². The van der Waals surface area contributed by atoms with Crippen LogP contribution in [-0.4, -0.2) is 57.3 Å². The number of nitrogens with zero attached hydrogens (tertiary/aromatic N) is 4. The molecule has 8 heteroatoms. The molecule has 2 heterocycles. The van der Waals surface area contributed by atoms with Crippen LogP contribution in [0.25, 0.3) is 6.20 Å². The molecule has 0 saturated heterocycles. The number of hydrogen-bond acceptors (Lipinski definition) is 5. The topological polar surface area (TPSA) is 90.7 Å². The third-order valence-electron chi connectivity index (χ3n) is 6.50. The van der Waals surface area contributed by atoms with E-state index < -0.39 is 5.60 Å². The first-order chi connectivity index (χ1) is 17.1. The van der Waals surface area contributed by atoms with E-state index in [1.165, 1.54) is 0 Å². The van der Waals surface area contributed by atoms with Gasteiger partial charge in [-0.15, -0.1) is 0 Å². The van der Waals surface area contributed by atoms with E-state index >= 15 is 0 Å². The van der Waals surface area contributed by atoms with Crippen molar-refractivity contribution in [2.75, 3.05) is 30.4 Å². The molecule has 0 radical (unpaired) electrons. The Bertz CT molecular complexity index is 1140. The lowest BCUT2D eigenvalue weighted by Gasteiger charge is -2.23. The summed E-state index contributed by atoms with van der Waals surface area (Å²) in [6.45, 7) is 12.9. The molecule has 1 aromatic carbocycles. The maximum absolute atomic E-state index is 13.3. The summed E-state index contributed by atoms with van der Waals surface area (Å²) in [4.78, 5) is 30.3. The van der Waals surface area contributed by atoms with Gasteiger partial charge in [0.15, 0.2) is 0 Å². The molecule has 1 aromatic heterocycles. The van der Waals surface area contributed by atoms with E-state index in [1.807, 2.05) is 26.1 Å². The van der Waals surface area contributed by atoms with E-state index in [0.29, 0.717) is 36.3 Å². The number of anilines is 2. The number of unbranched alkanes of at least 4 members (excludes halogenated alkanes) is 2. The fourth-order valence-electron chi connectivity index (χ4n) is 4.26. The van der Waals surface area contributed by atoms with Crippen LogP contribution in [0.3, 0.4) is 0 Å². The lowest BCUT2D eigenvalue weighted by molar-refractivity contribution is 0.0517. The lowest BCUT2D eigenvalue weighted by Crippen LogP contribution is -2.31. The van der Waals surface area contributed by atoms with Crippen LogP contribution in [0, 0.1) is 6.92 Å². The smallest absolute Gasteiger partial charge is 0.259 e. The van der Waals surface area contributed by atoms with E-state index in [1.54, 1.807) is 48.0 Å². The van der Waals surface area contributed by atoms with Gasteiger partial charge in [0.05, 0.1) is 34.4 Å². The number of aromatic nitrogens is 2. The number of rotatable bonds is 12. The molecule has 0 unspecified atom stereocenters. The fraction of sp³-hybridized carbons (Fsp3) is 0.464. The first-order valence-corrected chi connectivity index (χ1v) is 12.6. The molecule has 194 valence electrons. The fourth-order valence-corrected chi connectivity index (χ4v) is 4.26. The Balaban J connectivity index is 1.91. The van der Waals surface area contributed by atoms with Gasteiger partial charge < -0.3 is 20.2 Å². The number of aliphatic hydroxyl groups is 1. The van der Waals surface area contributed by atoms with E-state index in [0.717, 1.165) is 42.8 Å². The van der Waals surface area contributed by atoms with Crippen molar-refractivity contribution in [1.29, 1.82) is 0 Å². The number of benzene rings is 1. The maximum atomic E-state index is 13.3. The van der Waals surface area contributed by atoms with Crippen molar-refractivity contribution in [3.8, 4) is 0 Å². The van der Waals surface area contributed by atoms with Crippen LogP contribution in [0.2, 0.25) is 0 Å². The van der Waals surface area contributed by atoms with E-state index in [9.17, 15) is 14.7 Å². The number of fused-ring (bicyclic) bond motifs is 1. The molecule has 1 aliphatic heterocycles. The minimum Gasteiger partial charge on any atom is -0.390 e. The molecule has 1 aliphatic rings. The van der Waals surface area contributed by atoms with Crippen LogP contribution < -0.4 is 10.2 Å². The largest absolute Gasteiger partial charge is 0.390 e. The molecule has 0 saturated carbocycles. The predicted molar refractivity (Wildman–Crippen MR) is 145 cm³/mol. The molecule has 2 N–H and O–H groups in total. The molecular weight excluding hydrogens is 454 g/mol. The number of carbonyl (C=O) groups excluding carboxylic acids is 2. The van der Waals surface area contributed by atoms with Crippen LogP contribution in [0.1, 0.15) is 78.4 Å². The highest BCUT2D eigenvalue weighted by Gasteiger charge is 2.31. The summed E-state index contributed by atoms with van der Waals surface area (Å²) >= 11 is 0. The third-order valence-corrected chi connectivity index (χ3v) is 6.50. The molecule has 36 heavy (non-hydrogen) atoms. The normalized spacial score (nSPS) is 13.4. The Morgan fingerprint density at radius 3 is 2.75 bits per heavy atom. The summed E-state index contributed by atoms with van der Waals surface area (Å²) in [5.41, 5.74) is 3.36. The standard InChI is InChI=1S/C28H39N5O3/c1-7-9-11-13-31(6)25-17-22-21(19-32(27(22)35)15-12-28(4,5)36)16-24(25)30-26(34)23-18-29-33(20(23)3)14-10-8-2/h8,10,14,16-18,36H,2,7,9,11-13,15,19H2,1,3-6H3,(H,30,34)/b14-10-. The second-order valence-electron chi connectivity index (χ2n) is 10.1. The highest BCUT2D eigenvalue weighted by atomic mass is 16.3. The van der Waals surface area contributed by atoms with E-state index in [-0.39, 0.29) is 11.8 Å². The van der Waals surface area contributed by atoms with Gasteiger partial charge in [-0.2, -0.15) is 5.10 Å². The Hall–Kier alpha value is -3.39. The molecule has 0 spiro atoms. The van der Waals surface area contributed by atoms with Gasteiger partial charge in [-0.1, -0.05) is 32.4 Å². The summed E-state index contributed by atoms with van der Waals surface area (Å²) in [7, 11) is 1.99. The maximum Gasteiger partial charge on any atom is 0.259 e. The number of amides is 2. The van der Waals surface area contributed by atoms with Crippen molar-refractivity contribution in [3.05, 3.63) is 59.4 Å². The quantitative estimate of drug-likeness (QED) is 0.326. The molecule has 3 rings (SSSR count). The Morgan fingerprint density at radius 2 is 2.08 bits per heavy atom. The number of allylic oxidation sites excluding steroid dienone is 2. The summed E-state index contributed by atoms with van der Waals surface area (Å²) in [6.07, 6.45) is 10.4. The van der Waals surface area contributed by atoms with Crippen LogP contribution in [0.5, 0.6) is 0 Å². The van der Waals surface area contributed by atoms with Crippen LogP contribution >= 0.6 is 0 Å². The van der Waals surface area contributed by atoms with Gasteiger partial charge in [0.1, 0.15) is 0 Å². The summed E-state index contributed by atoms with van der Waals surface area (Å²) in [6, 6.07) is 3.81. The highest BCUT2D eigenvalue weighted by molar-refractivity contribution is 6.08. The number of carbonyl (C=O) groups is 2. The van der Waals surface area contributed by atoms with Crippen LogP contribution in [0.15, 0.2) is 37.1 Å². The van der Waals surface area contributed by atoms with Crippen molar-refractivity contribution >= 4 is 29.4 Å². The molecule has 2 aromatic rings. The second kappa shape index (κ2) is 11.6. The van der Waals surface area contributed by atoms with E-state index in [4.69, 9.17) is 0 Å². The molecule has 0 fully saturated rings. The monoisotopic (exact) mass is 493 g/mol. The highest BCUT2D eigenvalue weighted by Crippen LogP contribution is 2.35. The molecule has 0 bridgehead atoms. The van der Waals surface area contributed by atoms with Gasteiger partial charge in [-0.3, -0.25) is 9.59 Å². The van der Waals surface area contributed by atoms with Gasteiger partial charge >= 0.3 is 0 Å². The van der Waals surface area contributed by atoms with Gasteiger partial charge in [-0.05, 0) is 57.4 Å². The van der Waals surface area contributed by atoms with Gasteiger partial charge in [0.25, 0.3) is 11.8 Å². The predicted octanol–water partition coefficient (Wildman–Crippen LogP) is 4.84. The molecule has 8 nitrogen and oxygen atoms in total. The third kappa shape index (κ3) is 6.43. The number of nitrogens with one attached hydrogen (secondary N) is 1. The van der Waals surface area contributed by atoms with Crippen molar-refractivity contribution in [1.82, 2.24) is 14.7 Å². The molecular formula is C28H39N5O3. The van der Waals surface area contributed by atoms with Crippen molar-refractivity contribution in [3.63, 3.8) is 0 Å². The Kier molecular flexibility index (Phi) is 8.74. The van der Waals surface area contributed by atoms with Crippen LogP contribution in [-0.2, 0) is 6.54 Å². The van der Waals surface area contributed by atoms with Gasteiger partial charge in [0, 0.05) is 38.4 Å². The van der Waals surface area contributed by atoms with Crippen molar-refractivity contribution in [2.45, 2.75) is 65.5 Å². The lowest BCUT2D eigenvalue weighted by atomic mass is 10.1. The zero-order valence-corrected chi connectivity index (χ0v) is 22.2. The van der Waals surface area contributed by atoms with Gasteiger partial charge in [0.2, 0.25) is 0 Å². The molecule has 2 amide bonds. The first-order valence-electron chi connectivity index (χ1n) is 12.6. The Labute approximate surface area is 214 Å². The van der Waals surface area contributed by atoms with E-state index in [2.05, 4.69) is 28.8 Å². The zero-order chi connectivity index (χ0) is 26.5. The average molecular weight is 494 g/mol. The minimum absolute atomic E-state index is 0.0403.